The summed E-state index contributed by atoms with van der Waals surface area (Å²) >= 11 is 0. The number of hydrogen-bond acceptors (Lipinski definition) is 11. The average Bonchev–Trinajstić information content (AvgIpc) is 3.23. The van der Waals surface area contributed by atoms with Crippen molar-refractivity contribution in [3.8, 4) is 0 Å². The van der Waals surface area contributed by atoms with Crippen LogP contribution in [0, 0.1) is 6.92 Å². The number of hydrogen-bond donors (Lipinski definition) is 6. The van der Waals surface area contributed by atoms with Crippen LogP contribution in [0.4, 0.5) is 5.82 Å². The summed E-state index contributed by atoms with van der Waals surface area (Å²) in [5, 5.41) is 43.2. The van der Waals surface area contributed by atoms with Gasteiger partial charge in [0.05, 0.1) is 12.2 Å². The van der Waals surface area contributed by atoms with Crippen molar-refractivity contribution in [2.75, 3.05) is 5.73 Å². The molecule has 4 heterocycles. The molecule has 2 aromatic heterocycles. The van der Waals surface area contributed by atoms with Gasteiger partial charge in [0, 0.05) is 24.4 Å². The first-order chi connectivity index (χ1) is 15.5. The van der Waals surface area contributed by atoms with Crippen LogP contribution in [0.5, 0.6) is 0 Å². The molecule has 0 aromatic carbocycles. The van der Waals surface area contributed by atoms with Crippen molar-refractivity contribution in [1.29, 1.82) is 0 Å². The SMILES string of the molecule is Cc1cn([C@H]2C[C@H](O)[C@@H](C(O)[C@@]3(n4ccc(N)nc4=O)O[C@H](C)[C@@H](O)[C@H]3O)O2)c(=O)[nH]c1=O. The first-order valence-electron chi connectivity index (χ1n) is 10.2. The van der Waals surface area contributed by atoms with Crippen LogP contribution in [0.25, 0.3) is 0 Å². The standard InChI is InChI=1S/C19H25N5O9/c1-7-6-23(17(30)22-16(7)29)11-5-9(25)13(32-11)15(28)19(14(27)12(26)8(2)33-19)24-4-3-10(20)21-18(24)31/h3-4,6,8-9,11-15,25-28H,5H2,1-2H3,(H2,20,21,31)(H,22,29,30)/t8-,9+,11-,12-,13+,14-,15?,19+/m1/s1. The Morgan fingerprint density at radius 3 is 2.61 bits per heavy atom. The van der Waals surface area contributed by atoms with Gasteiger partial charge in [0.2, 0.25) is 5.72 Å². The number of ether oxygens (including phenoxy) is 2. The molecule has 0 radical (unpaired) electrons. The number of H-pyrrole nitrogens is 1. The van der Waals surface area contributed by atoms with Gasteiger partial charge in [0.15, 0.2) is 0 Å². The predicted octanol–water partition coefficient (Wildman–Crippen LogP) is -3.51. The highest BCUT2D eigenvalue weighted by atomic mass is 16.6. The van der Waals surface area contributed by atoms with Crippen LogP contribution in [0.2, 0.25) is 0 Å². The van der Waals surface area contributed by atoms with Gasteiger partial charge in [-0.05, 0) is 19.9 Å². The van der Waals surface area contributed by atoms with Crippen molar-refractivity contribution < 1.29 is 29.9 Å². The third kappa shape index (κ3) is 3.60. The molecule has 180 valence electrons. The zero-order valence-electron chi connectivity index (χ0n) is 17.7. The Morgan fingerprint density at radius 1 is 1.30 bits per heavy atom. The number of aryl methyl sites for hydroxylation is 1. The number of aliphatic hydroxyl groups excluding tert-OH is 4. The molecule has 0 aliphatic carbocycles. The normalized spacial score (nSPS) is 35.1. The largest absolute Gasteiger partial charge is 0.390 e. The second kappa shape index (κ2) is 8.16. The van der Waals surface area contributed by atoms with Crippen LogP contribution in [-0.4, -0.2) is 76.2 Å². The Kier molecular flexibility index (Phi) is 5.76. The minimum absolute atomic E-state index is 0.119. The van der Waals surface area contributed by atoms with Crippen LogP contribution in [-0.2, 0) is 15.2 Å². The number of nitrogens with zero attached hydrogens (tertiary/aromatic N) is 3. The van der Waals surface area contributed by atoms with Crippen molar-refractivity contribution in [3.63, 3.8) is 0 Å². The molecule has 1 unspecified atom stereocenters. The van der Waals surface area contributed by atoms with E-state index in [9.17, 15) is 34.8 Å². The topological polar surface area (TPSA) is 215 Å². The number of rotatable bonds is 4. The number of aliphatic hydroxyl groups is 4. The summed E-state index contributed by atoms with van der Waals surface area (Å²) in [7, 11) is 0. The van der Waals surface area contributed by atoms with E-state index in [0.717, 1.165) is 15.3 Å². The number of nitrogen functional groups attached to an aromatic ring is 1. The molecule has 8 atom stereocenters. The molecule has 0 amide bonds. The smallest absolute Gasteiger partial charge is 0.352 e. The van der Waals surface area contributed by atoms with Crippen molar-refractivity contribution in [3.05, 3.63) is 55.3 Å². The van der Waals surface area contributed by atoms with Crippen LogP contribution < -0.4 is 22.7 Å². The van der Waals surface area contributed by atoms with E-state index >= 15 is 0 Å². The summed E-state index contributed by atoms with van der Waals surface area (Å²) in [4.78, 5) is 42.2. The third-order valence-electron chi connectivity index (χ3n) is 6.13. The highest BCUT2D eigenvalue weighted by Gasteiger charge is 2.62. The number of aromatic nitrogens is 4. The fourth-order valence-electron chi connectivity index (χ4n) is 4.37. The molecule has 0 saturated carbocycles. The van der Waals surface area contributed by atoms with Gasteiger partial charge in [-0.15, -0.1) is 0 Å². The van der Waals surface area contributed by atoms with Gasteiger partial charge in [0.25, 0.3) is 5.56 Å². The Labute approximate surface area is 185 Å². The van der Waals surface area contributed by atoms with Gasteiger partial charge in [-0.25, -0.2) is 9.59 Å². The van der Waals surface area contributed by atoms with Crippen LogP contribution in [0.15, 0.2) is 32.8 Å². The zero-order valence-corrected chi connectivity index (χ0v) is 17.7. The summed E-state index contributed by atoms with van der Waals surface area (Å²) in [5.74, 6) is -0.119. The molecule has 4 rings (SSSR count). The lowest BCUT2D eigenvalue weighted by atomic mass is 9.91. The molecule has 0 spiro atoms. The molecule has 7 N–H and O–H groups in total. The number of anilines is 1. The van der Waals surface area contributed by atoms with Crippen LogP contribution in [0.3, 0.4) is 0 Å². The molecule has 14 nitrogen and oxygen atoms in total. The van der Waals surface area contributed by atoms with Crippen molar-refractivity contribution >= 4 is 5.82 Å². The lowest BCUT2D eigenvalue weighted by Crippen LogP contribution is -2.62. The third-order valence-corrected chi connectivity index (χ3v) is 6.13. The van der Waals surface area contributed by atoms with Crippen molar-refractivity contribution in [2.45, 2.75) is 68.8 Å². The van der Waals surface area contributed by atoms with Gasteiger partial charge in [0.1, 0.15) is 36.5 Å². The fraction of sp³-hybridized carbons (Fsp3) is 0.579. The maximum Gasteiger partial charge on any atom is 0.352 e. The lowest BCUT2D eigenvalue weighted by molar-refractivity contribution is -0.241. The maximum atomic E-state index is 12.6. The quantitative estimate of drug-likeness (QED) is 0.259. The Morgan fingerprint density at radius 2 is 2.00 bits per heavy atom. The molecule has 2 fully saturated rings. The minimum Gasteiger partial charge on any atom is -0.390 e. The van der Waals surface area contributed by atoms with Crippen molar-refractivity contribution in [2.24, 2.45) is 0 Å². The fourth-order valence-corrected chi connectivity index (χ4v) is 4.37. The van der Waals surface area contributed by atoms with Gasteiger partial charge < -0.3 is 35.6 Å². The van der Waals surface area contributed by atoms with E-state index in [1.807, 2.05) is 0 Å². The molecule has 2 aromatic rings. The molecule has 2 saturated heterocycles. The maximum absolute atomic E-state index is 12.6. The van der Waals surface area contributed by atoms with E-state index in [0.29, 0.717) is 0 Å². The molecular formula is C19H25N5O9. The molecule has 2 aliphatic rings. The summed E-state index contributed by atoms with van der Waals surface area (Å²) < 4.78 is 13.3. The Hall–Kier alpha value is -2.88. The Balaban J connectivity index is 1.75. The number of nitrogens with two attached hydrogens (primary N) is 1. The van der Waals surface area contributed by atoms with E-state index in [-0.39, 0.29) is 17.8 Å². The van der Waals surface area contributed by atoms with Crippen LogP contribution >= 0.6 is 0 Å². The second-order valence-electron chi connectivity index (χ2n) is 8.30. The predicted molar refractivity (Wildman–Crippen MR) is 110 cm³/mol. The van der Waals surface area contributed by atoms with Gasteiger partial charge in [-0.2, -0.15) is 4.98 Å². The van der Waals surface area contributed by atoms with Gasteiger partial charge in [-0.1, -0.05) is 0 Å². The highest BCUT2D eigenvalue weighted by Crippen LogP contribution is 2.42. The highest BCUT2D eigenvalue weighted by molar-refractivity contribution is 5.24. The molecule has 14 heteroatoms. The Bertz CT molecular complexity index is 1230. The number of aromatic amines is 1. The molecular weight excluding hydrogens is 442 g/mol. The molecule has 2 aliphatic heterocycles. The van der Waals surface area contributed by atoms with Gasteiger partial charge in [-0.3, -0.25) is 18.9 Å². The first-order valence-corrected chi connectivity index (χ1v) is 10.2. The average molecular weight is 467 g/mol. The first kappa shape index (κ1) is 23.3. The van der Waals surface area contributed by atoms with E-state index in [1.165, 1.54) is 26.1 Å². The summed E-state index contributed by atoms with van der Waals surface area (Å²) in [6.45, 7) is 2.91. The molecule has 0 bridgehead atoms. The summed E-state index contributed by atoms with van der Waals surface area (Å²) in [5.41, 5.74) is 1.13. The number of nitrogens with one attached hydrogen (secondary N) is 1. The van der Waals surface area contributed by atoms with Gasteiger partial charge >= 0.3 is 11.4 Å². The summed E-state index contributed by atoms with van der Waals surface area (Å²) in [6.07, 6.45) is -7.93. The zero-order chi connectivity index (χ0) is 24.2. The van der Waals surface area contributed by atoms with E-state index in [2.05, 4.69) is 9.97 Å². The summed E-state index contributed by atoms with van der Waals surface area (Å²) in [6, 6.07) is 1.23. The van der Waals surface area contributed by atoms with E-state index in [4.69, 9.17) is 15.2 Å². The van der Waals surface area contributed by atoms with Crippen molar-refractivity contribution in [1.82, 2.24) is 19.1 Å². The van der Waals surface area contributed by atoms with E-state index in [1.54, 1.807) is 0 Å². The lowest BCUT2D eigenvalue weighted by Gasteiger charge is -2.40. The minimum atomic E-state index is -2.29. The van der Waals surface area contributed by atoms with Crippen LogP contribution in [0.1, 0.15) is 25.1 Å². The van der Waals surface area contributed by atoms with E-state index < -0.39 is 65.5 Å². The molecule has 33 heavy (non-hydrogen) atoms. The monoisotopic (exact) mass is 467 g/mol. The second-order valence-corrected chi connectivity index (χ2v) is 8.30.